The summed E-state index contributed by atoms with van der Waals surface area (Å²) in [6.45, 7) is 2.17. The zero-order valence-electron chi connectivity index (χ0n) is 10.6. The molecular weight excluding hydrogens is 234 g/mol. The fraction of sp³-hybridized carbons (Fsp3) is 0.846. The predicted molar refractivity (Wildman–Crippen MR) is 65.1 cm³/mol. The number of hydrogen-bond donors (Lipinski definition) is 1. The number of amides is 1. The van der Waals surface area contributed by atoms with E-state index >= 15 is 0 Å². The molecule has 5 heteroatoms. The first-order chi connectivity index (χ1) is 8.68. The fourth-order valence-corrected chi connectivity index (χ4v) is 2.83. The smallest absolute Gasteiger partial charge is 0.326 e. The van der Waals surface area contributed by atoms with Crippen LogP contribution in [0.5, 0.6) is 0 Å². The summed E-state index contributed by atoms with van der Waals surface area (Å²) in [5.41, 5.74) is 0. The number of rotatable bonds is 4. The van der Waals surface area contributed by atoms with Crippen LogP contribution in [0, 0.1) is 5.92 Å². The van der Waals surface area contributed by atoms with E-state index in [0.717, 1.165) is 38.9 Å². The maximum absolute atomic E-state index is 12.0. The van der Waals surface area contributed by atoms with Crippen LogP contribution < -0.4 is 0 Å². The van der Waals surface area contributed by atoms with Crippen molar-refractivity contribution >= 4 is 11.9 Å². The summed E-state index contributed by atoms with van der Waals surface area (Å²) in [4.78, 5) is 24.6. The van der Waals surface area contributed by atoms with Crippen molar-refractivity contribution in [1.82, 2.24) is 4.90 Å². The van der Waals surface area contributed by atoms with Crippen LogP contribution in [0.1, 0.15) is 38.5 Å². The van der Waals surface area contributed by atoms with Crippen molar-refractivity contribution in [3.05, 3.63) is 0 Å². The molecule has 1 N–H and O–H groups in total. The summed E-state index contributed by atoms with van der Waals surface area (Å²) in [6.07, 6.45) is 4.86. The quantitative estimate of drug-likeness (QED) is 0.821. The number of carboxylic acid groups (broad SMARTS) is 1. The zero-order chi connectivity index (χ0) is 13.0. The number of carbonyl (C=O) groups is 2. The molecule has 2 atom stereocenters. The highest BCUT2D eigenvalue weighted by molar-refractivity contribution is 5.84. The van der Waals surface area contributed by atoms with Gasteiger partial charge < -0.3 is 14.7 Å². The molecule has 0 aromatic carbocycles. The average Bonchev–Trinajstić information content (AvgIpc) is 2.86. The van der Waals surface area contributed by atoms with E-state index < -0.39 is 12.0 Å². The molecule has 2 aliphatic heterocycles. The summed E-state index contributed by atoms with van der Waals surface area (Å²) in [6, 6.07) is -0.597. The lowest BCUT2D eigenvalue weighted by atomic mass is 9.96. The number of carboxylic acids is 1. The Hall–Kier alpha value is -1.10. The van der Waals surface area contributed by atoms with Crippen LogP contribution >= 0.6 is 0 Å². The number of ether oxygens (including phenoxy) is 1. The van der Waals surface area contributed by atoms with E-state index in [4.69, 9.17) is 9.84 Å². The molecule has 2 saturated heterocycles. The van der Waals surface area contributed by atoms with E-state index in [2.05, 4.69) is 0 Å². The third-order valence-electron chi connectivity index (χ3n) is 3.88. The summed E-state index contributed by atoms with van der Waals surface area (Å²) < 4.78 is 5.38. The van der Waals surface area contributed by atoms with Gasteiger partial charge in [0.1, 0.15) is 6.04 Å². The summed E-state index contributed by atoms with van der Waals surface area (Å²) in [5.74, 6) is -0.416. The Kier molecular flexibility index (Phi) is 4.58. The molecule has 2 aliphatic rings. The Morgan fingerprint density at radius 3 is 2.78 bits per heavy atom. The normalized spacial score (nSPS) is 28.3. The van der Waals surface area contributed by atoms with E-state index in [0.29, 0.717) is 25.3 Å². The SMILES string of the molecule is O=C(O)[C@H]1CCCN1C(=O)CC[C@@H]1CCCOC1. The van der Waals surface area contributed by atoms with E-state index in [1.54, 1.807) is 0 Å². The molecule has 0 aromatic rings. The Bertz CT molecular complexity index is 312. The van der Waals surface area contributed by atoms with Crippen LogP contribution in [0.3, 0.4) is 0 Å². The molecule has 0 bridgehead atoms. The maximum atomic E-state index is 12.0. The molecule has 0 aliphatic carbocycles. The van der Waals surface area contributed by atoms with Crippen molar-refractivity contribution in [2.24, 2.45) is 5.92 Å². The molecule has 0 radical (unpaired) electrons. The second-order valence-electron chi connectivity index (χ2n) is 5.21. The van der Waals surface area contributed by atoms with Gasteiger partial charge in [-0.2, -0.15) is 0 Å². The molecule has 5 nitrogen and oxygen atoms in total. The third-order valence-corrected chi connectivity index (χ3v) is 3.88. The van der Waals surface area contributed by atoms with E-state index in [-0.39, 0.29) is 5.91 Å². The number of hydrogen-bond acceptors (Lipinski definition) is 3. The first kappa shape index (κ1) is 13.3. The van der Waals surface area contributed by atoms with Crippen LogP contribution in [0.15, 0.2) is 0 Å². The Morgan fingerprint density at radius 2 is 2.11 bits per heavy atom. The van der Waals surface area contributed by atoms with Gasteiger partial charge in [-0.25, -0.2) is 4.79 Å². The molecule has 0 aromatic heterocycles. The molecule has 1 amide bonds. The van der Waals surface area contributed by atoms with Crippen LogP contribution in [0.2, 0.25) is 0 Å². The van der Waals surface area contributed by atoms with Gasteiger partial charge >= 0.3 is 5.97 Å². The highest BCUT2D eigenvalue weighted by atomic mass is 16.5. The monoisotopic (exact) mass is 255 g/mol. The van der Waals surface area contributed by atoms with Gasteiger partial charge in [-0.05, 0) is 38.0 Å². The summed E-state index contributed by atoms with van der Waals surface area (Å²) in [5, 5.41) is 9.04. The number of carbonyl (C=O) groups excluding carboxylic acids is 1. The lowest BCUT2D eigenvalue weighted by Crippen LogP contribution is -2.40. The van der Waals surface area contributed by atoms with Gasteiger partial charge in [0.25, 0.3) is 0 Å². The average molecular weight is 255 g/mol. The Balaban J connectivity index is 1.78. The van der Waals surface area contributed by atoms with E-state index in [9.17, 15) is 9.59 Å². The van der Waals surface area contributed by atoms with Crippen molar-refractivity contribution in [3.8, 4) is 0 Å². The zero-order valence-corrected chi connectivity index (χ0v) is 10.6. The highest BCUT2D eigenvalue weighted by Gasteiger charge is 2.33. The van der Waals surface area contributed by atoms with Crippen LogP contribution in [0.25, 0.3) is 0 Å². The van der Waals surface area contributed by atoms with Crippen LogP contribution in [-0.4, -0.2) is 47.7 Å². The second-order valence-corrected chi connectivity index (χ2v) is 5.21. The Morgan fingerprint density at radius 1 is 1.28 bits per heavy atom. The standard InChI is InChI=1S/C13H21NO4/c15-12(6-5-10-3-2-8-18-9-10)14-7-1-4-11(14)13(16)17/h10-11H,1-9H2,(H,16,17)/t10-,11+/m0/s1. The molecule has 18 heavy (non-hydrogen) atoms. The van der Waals surface area contributed by atoms with Crippen molar-refractivity contribution in [3.63, 3.8) is 0 Å². The lowest BCUT2D eigenvalue weighted by molar-refractivity contribution is -0.148. The van der Waals surface area contributed by atoms with Gasteiger partial charge in [-0.1, -0.05) is 0 Å². The van der Waals surface area contributed by atoms with Crippen LogP contribution in [0.4, 0.5) is 0 Å². The van der Waals surface area contributed by atoms with E-state index in [1.807, 2.05) is 0 Å². The topological polar surface area (TPSA) is 66.8 Å². The second kappa shape index (κ2) is 6.18. The largest absolute Gasteiger partial charge is 0.480 e. The van der Waals surface area contributed by atoms with Gasteiger partial charge in [0.2, 0.25) is 5.91 Å². The third kappa shape index (κ3) is 3.22. The minimum Gasteiger partial charge on any atom is -0.480 e. The number of likely N-dealkylation sites (tertiary alicyclic amines) is 1. The van der Waals surface area contributed by atoms with Gasteiger partial charge in [0.15, 0.2) is 0 Å². The lowest BCUT2D eigenvalue weighted by Gasteiger charge is -2.24. The molecule has 0 saturated carbocycles. The molecule has 0 unspecified atom stereocenters. The predicted octanol–water partition coefficient (Wildman–Crippen LogP) is 1.27. The van der Waals surface area contributed by atoms with Crippen LogP contribution in [-0.2, 0) is 14.3 Å². The van der Waals surface area contributed by atoms with Crippen molar-refractivity contribution in [2.45, 2.75) is 44.6 Å². The fourth-order valence-electron chi connectivity index (χ4n) is 2.83. The molecular formula is C13H21NO4. The first-order valence-electron chi connectivity index (χ1n) is 6.78. The molecule has 2 heterocycles. The molecule has 2 fully saturated rings. The highest BCUT2D eigenvalue weighted by Crippen LogP contribution is 2.22. The van der Waals surface area contributed by atoms with Crippen molar-refractivity contribution in [2.75, 3.05) is 19.8 Å². The summed E-state index contributed by atoms with van der Waals surface area (Å²) in [7, 11) is 0. The van der Waals surface area contributed by atoms with Crippen molar-refractivity contribution < 1.29 is 19.4 Å². The van der Waals surface area contributed by atoms with Crippen molar-refractivity contribution in [1.29, 1.82) is 0 Å². The minimum absolute atomic E-state index is 0.00882. The van der Waals surface area contributed by atoms with Gasteiger partial charge in [0, 0.05) is 26.2 Å². The molecule has 102 valence electrons. The summed E-state index contributed by atoms with van der Waals surface area (Å²) >= 11 is 0. The van der Waals surface area contributed by atoms with Gasteiger partial charge in [0.05, 0.1) is 0 Å². The minimum atomic E-state index is -0.873. The maximum Gasteiger partial charge on any atom is 0.326 e. The number of aliphatic carboxylic acids is 1. The Labute approximate surface area is 107 Å². The van der Waals surface area contributed by atoms with E-state index in [1.165, 1.54) is 4.90 Å². The van der Waals surface area contributed by atoms with Gasteiger partial charge in [-0.3, -0.25) is 4.79 Å². The first-order valence-corrected chi connectivity index (χ1v) is 6.78. The molecule has 2 rings (SSSR count). The molecule has 0 spiro atoms. The number of nitrogens with zero attached hydrogens (tertiary/aromatic N) is 1. The van der Waals surface area contributed by atoms with Gasteiger partial charge in [-0.15, -0.1) is 0 Å².